The van der Waals surface area contributed by atoms with Crippen LogP contribution in [-0.4, -0.2) is 35.7 Å². The zero-order valence-corrected chi connectivity index (χ0v) is 15.9. The van der Waals surface area contributed by atoms with Gasteiger partial charge in [0.05, 0.1) is 18.3 Å². The van der Waals surface area contributed by atoms with Gasteiger partial charge in [-0.2, -0.15) is 0 Å². The second-order valence-electron chi connectivity index (χ2n) is 6.17. The van der Waals surface area contributed by atoms with Crippen LogP contribution in [0.2, 0.25) is 0 Å². The number of methoxy groups -OCH3 is 1. The molecule has 1 N–H and O–H groups in total. The van der Waals surface area contributed by atoms with Crippen molar-refractivity contribution in [1.29, 1.82) is 0 Å². The van der Waals surface area contributed by atoms with Crippen LogP contribution in [0.15, 0.2) is 34.7 Å². The lowest BCUT2D eigenvalue weighted by molar-refractivity contribution is -0.121. The molecule has 0 fully saturated rings. The molecule has 0 aliphatic carbocycles. The lowest BCUT2D eigenvalue weighted by atomic mass is 9.99. The minimum Gasteiger partial charge on any atom is -0.383 e. The molecule has 7 heteroatoms. The number of carbonyl (C=O) groups excluding carboxylic acids is 1. The van der Waals surface area contributed by atoms with Gasteiger partial charge in [0.25, 0.3) is 5.56 Å². The van der Waals surface area contributed by atoms with Crippen LogP contribution < -0.4 is 10.9 Å². The first-order valence-electron chi connectivity index (χ1n) is 8.31. The number of carbonyl (C=O) groups is 1. The van der Waals surface area contributed by atoms with Gasteiger partial charge in [-0.15, -0.1) is 11.3 Å². The molecule has 3 rings (SSSR count). The number of hydrogen-bond donors (Lipinski definition) is 1. The van der Waals surface area contributed by atoms with E-state index in [0.717, 1.165) is 16.7 Å². The summed E-state index contributed by atoms with van der Waals surface area (Å²) in [6.07, 6.45) is 1.43. The first-order chi connectivity index (χ1) is 12.5. The Morgan fingerprint density at radius 3 is 2.85 bits per heavy atom. The average Bonchev–Trinajstić information content (AvgIpc) is 3.02. The van der Waals surface area contributed by atoms with Crippen LogP contribution in [0.3, 0.4) is 0 Å². The second-order valence-corrected chi connectivity index (χ2v) is 7.03. The van der Waals surface area contributed by atoms with Crippen molar-refractivity contribution in [2.75, 3.05) is 20.3 Å². The van der Waals surface area contributed by atoms with Crippen molar-refractivity contribution >= 4 is 27.5 Å². The predicted octanol–water partition coefficient (Wildman–Crippen LogP) is 2.50. The lowest BCUT2D eigenvalue weighted by Crippen LogP contribution is -2.34. The van der Waals surface area contributed by atoms with Crippen molar-refractivity contribution in [3.8, 4) is 11.1 Å². The fourth-order valence-corrected chi connectivity index (χ4v) is 3.79. The topological polar surface area (TPSA) is 73.2 Å². The molecule has 0 spiro atoms. The maximum Gasteiger partial charge on any atom is 0.263 e. The molecule has 1 aromatic carbocycles. The highest BCUT2D eigenvalue weighted by atomic mass is 32.1. The molecule has 26 heavy (non-hydrogen) atoms. The number of benzene rings is 1. The van der Waals surface area contributed by atoms with Crippen LogP contribution in [0.1, 0.15) is 11.1 Å². The summed E-state index contributed by atoms with van der Waals surface area (Å²) >= 11 is 1.44. The number of ether oxygens (including phenoxy) is 1. The number of nitrogens with one attached hydrogen (secondary N) is 1. The lowest BCUT2D eigenvalue weighted by Gasteiger charge is -2.08. The van der Waals surface area contributed by atoms with Crippen LogP contribution in [0.25, 0.3) is 21.3 Å². The summed E-state index contributed by atoms with van der Waals surface area (Å²) in [6, 6.07) is 6.15. The van der Waals surface area contributed by atoms with Gasteiger partial charge in [-0.25, -0.2) is 4.98 Å². The highest BCUT2D eigenvalue weighted by molar-refractivity contribution is 7.17. The normalized spacial score (nSPS) is 11.0. The van der Waals surface area contributed by atoms with E-state index in [0.29, 0.717) is 23.4 Å². The van der Waals surface area contributed by atoms with Crippen molar-refractivity contribution in [2.45, 2.75) is 20.4 Å². The maximum absolute atomic E-state index is 13.0. The van der Waals surface area contributed by atoms with E-state index in [1.54, 1.807) is 7.11 Å². The Morgan fingerprint density at radius 2 is 2.12 bits per heavy atom. The maximum atomic E-state index is 13.0. The number of amides is 1. The number of rotatable bonds is 6. The van der Waals surface area contributed by atoms with Gasteiger partial charge in [0.15, 0.2) is 0 Å². The number of aryl methyl sites for hydroxylation is 2. The minimum atomic E-state index is -0.242. The molecule has 0 saturated carbocycles. The van der Waals surface area contributed by atoms with E-state index in [9.17, 15) is 9.59 Å². The van der Waals surface area contributed by atoms with Crippen LogP contribution in [-0.2, 0) is 16.1 Å². The third-order valence-corrected chi connectivity index (χ3v) is 5.06. The molecular formula is C19H21N3O3S. The van der Waals surface area contributed by atoms with Gasteiger partial charge < -0.3 is 10.1 Å². The van der Waals surface area contributed by atoms with Gasteiger partial charge in [0.1, 0.15) is 11.4 Å². The molecule has 1 amide bonds. The average molecular weight is 371 g/mol. The molecule has 0 bridgehead atoms. The number of aromatic nitrogens is 2. The Labute approximate surface area is 155 Å². The number of nitrogens with zero attached hydrogens (tertiary/aromatic N) is 2. The fraction of sp³-hybridized carbons (Fsp3) is 0.316. The quantitative estimate of drug-likeness (QED) is 0.676. The zero-order valence-electron chi connectivity index (χ0n) is 15.0. The van der Waals surface area contributed by atoms with Gasteiger partial charge in [-0.05, 0) is 25.0 Å². The Morgan fingerprint density at radius 1 is 1.31 bits per heavy atom. The van der Waals surface area contributed by atoms with Crippen LogP contribution in [0, 0.1) is 13.8 Å². The Balaban J connectivity index is 1.98. The summed E-state index contributed by atoms with van der Waals surface area (Å²) in [6.45, 7) is 4.85. The molecular weight excluding hydrogens is 350 g/mol. The van der Waals surface area contributed by atoms with E-state index in [4.69, 9.17) is 4.74 Å². The van der Waals surface area contributed by atoms with Crippen molar-refractivity contribution in [2.24, 2.45) is 0 Å². The zero-order chi connectivity index (χ0) is 18.7. The van der Waals surface area contributed by atoms with Crippen LogP contribution in [0.5, 0.6) is 0 Å². The SMILES string of the molecule is COCCNC(=O)Cn1cnc2scc(-c3ccc(C)cc3C)c2c1=O. The van der Waals surface area contributed by atoms with Gasteiger partial charge in [0, 0.05) is 24.6 Å². The van der Waals surface area contributed by atoms with E-state index < -0.39 is 0 Å². The molecule has 0 atom stereocenters. The van der Waals surface area contributed by atoms with E-state index in [1.165, 1.54) is 27.8 Å². The van der Waals surface area contributed by atoms with Crippen LogP contribution in [0.4, 0.5) is 0 Å². The number of thiophene rings is 1. The molecule has 3 aromatic rings. The molecule has 0 radical (unpaired) electrons. The Kier molecular flexibility index (Phi) is 5.49. The highest BCUT2D eigenvalue weighted by Gasteiger charge is 2.15. The summed E-state index contributed by atoms with van der Waals surface area (Å²) in [7, 11) is 1.57. The Hall–Kier alpha value is -2.51. The largest absolute Gasteiger partial charge is 0.383 e. The molecule has 0 aliphatic heterocycles. The predicted molar refractivity (Wildman–Crippen MR) is 104 cm³/mol. The van der Waals surface area contributed by atoms with Gasteiger partial charge in [-0.3, -0.25) is 14.2 Å². The standard InChI is InChI=1S/C19H21N3O3S/c1-12-4-5-14(13(2)8-12)15-10-26-18-17(15)19(24)22(11-21-18)9-16(23)20-6-7-25-3/h4-5,8,10-11H,6-7,9H2,1-3H3,(H,20,23). The molecule has 0 unspecified atom stereocenters. The molecule has 136 valence electrons. The summed E-state index contributed by atoms with van der Waals surface area (Å²) in [4.78, 5) is 30.0. The summed E-state index contributed by atoms with van der Waals surface area (Å²) in [5.74, 6) is -0.242. The molecule has 2 aromatic heterocycles. The summed E-state index contributed by atoms with van der Waals surface area (Å²) < 4.78 is 6.25. The first-order valence-corrected chi connectivity index (χ1v) is 9.19. The van der Waals surface area contributed by atoms with Crippen molar-refractivity contribution < 1.29 is 9.53 Å². The molecule has 0 aliphatic rings. The third-order valence-electron chi connectivity index (χ3n) is 4.18. The second kappa shape index (κ2) is 7.80. The van der Waals surface area contributed by atoms with Crippen molar-refractivity contribution in [3.63, 3.8) is 0 Å². The monoisotopic (exact) mass is 371 g/mol. The third kappa shape index (κ3) is 3.68. The van der Waals surface area contributed by atoms with E-state index in [-0.39, 0.29) is 18.0 Å². The number of fused-ring (bicyclic) bond motifs is 1. The molecule has 2 heterocycles. The highest BCUT2D eigenvalue weighted by Crippen LogP contribution is 2.32. The van der Waals surface area contributed by atoms with Crippen molar-refractivity contribution in [1.82, 2.24) is 14.9 Å². The Bertz CT molecular complexity index is 1010. The van der Waals surface area contributed by atoms with Crippen molar-refractivity contribution in [3.05, 3.63) is 51.4 Å². The summed E-state index contributed by atoms with van der Waals surface area (Å²) in [5.41, 5.74) is 3.97. The minimum absolute atomic E-state index is 0.0619. The van der Waals surface area contributed by atoms with Gasteiger partial charge >= 0.3 is 0 Å². The smallest absolute Gasteiger partial charge is 0.263 e. The van der Waals surface area contributed by atoms with Gasteiger partial charge in [-0.1, -0.05) is 23.8 Å². The number of hydrogen-bond acceptors (Lipinski definition) is 5. The molecule has 6 nitrogen and oxygen atoms in total. The van der Waals surface area contributed by atoms with Crippen LogP contribution >= 0.6 is 11.3 Å². The van der Waals surface area contributed by atoms with E-state index in [1.807, 2.05) is 31.4 Å². The van der Waals surface area contributed by atoms with Gasteiger partial charge in [0.2, 0.25) is 5.91 Å². The molecule has 0 saturated heterocycles. The first kappa shape index (κ1) is 18.3. The van der Waals surface area contributed by atoms with E-state index in [2.05, 4.69) is 16.4 Å². The summed E-state index contributed by atoms with van der Waals surface area (Å²) in [5, 5.41) is 5.24. The van der Waals surface area contributed by atoms with E-state index >= 15 is 0 Å². The fourth-order valence-electron chi connectivity index (χ4n) is 2.90.